The van der Waals surface area contributed by atoms with Gasteiger partial charge in [-0.05, 0) is 55.6 Å². The lowest BCUT2D eigenvalue weighted by atomic mass is 9.97. The zero-order chi connectivity index (χ0) is 33.0. The molecule has 0 atom stereocenters. The molecule has 1 fully saturated rings. The molecule has 11 nitrogen and oxygen atoms in total. The normalized spacial score (nSPS) is 14.2. The van der Waals surface area contributed by atoms with Crippen LogP contribution in [0.2, 0.25) is 0 Å². The van der Waals surface area contributed by atoms with E-state index in [0.29, 0.717) is 40.3 Å². The van der Waals surface area contributed by atoms with E-state index in [0.717, 1.165) is 42.6 Å². The van der Waals surface area contributed by atoms with Crippen LogP contribution in [0.3, 0.4) is 0 Å². The summed E-state index contributed by atoms with van der Waals surface area (Å²) in [6.45, 7) is 3.82. The Morgan fingerprint density at radius 1 is 0.896 bits per heavy atom. The number of ketones is 1. The van der Waals surface area contributed by atoms with Crippen molar-refractivity contribution in [1.29, 1.82) is 0 Å². The second-order valence-corrected chi connectivity index (χ2v) is 11.7. The van der Waals surface area contributed by atoms with Gasteiger partial charge in [-0.15, -0.1) is 10.2 Å². The molecule has 1 aliphatic rings. The third kappa shape index (κ3) is 6.41. The maximum atomic E-state index is 13.7. The highest BCUT2D eigenvalue weighted by atomic mass is 16.5. The smallest absolute Gasteiger partial charge is 0.302 e. The van der Waals surface area contributed by atoms with Crippen LogP contribution in [-0.2, 0) is 11.5 Å². The summed E-state index contributed by atoms with van der Waals surface area (Å²) >= 11 is 0. The number of aromatic hydroxyl groups is 1. The number of fused-ring (bicyclic) bond motifs is 2. The van der Waals surface area contributed by atoms with Crippen LogP contribution in [0.25, 0.3) is 33.2 Å². The first-order valence-corrected chi connectivity index (χ1v) is 15.7. The SMILES string of the molecule is CN1CCN(Cn2c(O)c(N=NC(=O)COc3ccc(C(=O)c4cc5cccnc5nc4-c4ccccc4)cc3)c3ccccc32)CC1. The van der Waals surface area contributed by atoms with Gasteiger partial charge in [0.15, 0.2) is 23.7 Å². The second kappa shape index (κ2) is 13.5. The molecule has 3 aromatic heterocycles. The number of aromatic nitrogens is 3. The number of rotatable bonds is 9. The fourth-order valence-corrected chi connectivity index (χ4v) is 5.84. The van der Waals surface area contributed by atoms with Crippen molar-refractivity contribution in [2.45, 2.75) is 6.67 Å². The number of pyridine rings is 2. The predicted octanol–water partition coefficient (Wildman–Crippen LogP) is 6.08. The third-order valence-electron chi connectivity index (χ3n) is 8.48. The maximum Gasteiger partial charge on any atom is 0.302 e. The highest BCUT2D eigenvalue weighted by molar-refractivity contribution is 6.13. The van der Waals surface area contributed by atoms with Crippen LogP contribution in [0.15, 0.2) is 113 Å². The quantitative estimate of drug-likeness (QED) is 0.149. The van der Waals surface area contributed by atoms with Gasteiger partial charge in [0, 0.05) is 59.8 Å². The fourth-order valence-electron chi connectivity index (χ4n) is 5.84. The van der Waals surface area contributed by atoms with Crippen LogP contribution in [0.5, 0.6) is 11.6 Å². The number of para-hydroxylation sites is 1. The van der Waals surface area contributed by atoms with Crippen LogP contribution < -0.4 is 4.74 Å². The Kier molecular flexibility index (Phi) is 8.69. The molecule has 6 aromatic rings. The number of hydrogen-bond donors (Lipinski definition) is 1. The Bertz CT molecular complexity index is 2140. The largest absolute Gasteiger partial charge is 0.493 e. The first-order valence-electron chi connectivity index (χ1n) is 15.7. The highest BCUT2D eigenvalue weighted by Crippen LogP contribution is 2.39. The van der Waals surface area contributed by atoms with Gasteiger partial charge < -0.3 is 14.7 Å². The van der Waals surface area contributed by atoms with Gasteiger partial charge in [-0.25, -0.2) is 9.97 Å². The van der Waals surface area contributed by atoms with E-state index in [1.807, 2.05) is 72.8 Å². The van der Waals surface area contributed by atoms with Crippen LogP contribution in [-0.4, -0.2) is 81.0 Å². The number of ether oxygens (including phenoxy) is 1. The first kappa shape index (κ1) is 30.9. The molecule has 0 saturated carbocycles. The number of likely N-dealkylation sites (N-methyl/N-ethyl adjacent to an activating group) is 1. The molecule has 0 aliphatic carbocycles. The predicted molar refractivity (Wildman–Crippen MR) is 183 cm³/mol. The monoisotopic (exact) mass is 639 g/mol. The molecule has 3 aromatic carbocycles. The van der Waals surface area contributed by atoms with E-state index in [2.05, 4.69) is 32.1 Å². The standard InChI is InChI=1S/C37H33N7O4/c1-42-18-20-43(21-19-42)24-44-31-12-6-5-11-29(31)34(37(44)47)41-40-32(45)23-48-28-15-13-26(14-16-28)35(46)30-22-27-10-7-17-38-36(27)39-33(30)25-8-3-2-4-9-25/h2-17,22,47H,18-21,23-24H2,1H3. The minimum absolute atomic E-state index is 0.0406. The Hall–Kier alpha value is -5.78. The molecule has 1 aliphatic heterocycles. The Balaban J connectivity index is 1.04. The van der Waals surface area contributed by atoms with Crippen LogP contribution in [0.4, 0.5) is 5.69 Å². The molecule has 1 amide bonds. The zero-order valence-corrected chi connectivity index (χ0v) is 26.4. The molecular formula is C37H33N7O4. The number of hydrogen-bond acceptors (Lipinski definition) is 9. The fraction of sp³-hybridized carbons (Fsp3) is 0.189. The summed E-state index contributed by atoms with van der Waals surface area (Å²) in [4.78, 5) is 40.0. The summed E-state index contributed by atoms with van der Waals surface area (Å²) in [7, 11) is 2.10. The molecule has 7 rings (SSSR count). The lowest BCUT2D eigenvalue weighted by Crippen LogP contribution is -2.44. The van der Waals surface area contributed by atoms with Gasteiger partial charge in [-0.1, -0.05) is 48.5 Å². The summed E-state index contributed by atoms with van der Waals surface area (Å²) in [5, 5.41) is 20.5. The summed E-state index contributed by atoms with van der Waals surface area (Å²) < 4.78 is 7.46. The first-order chi connectivity index (χ1) is 23.4. The number of carbonyl (C=O) groups excluding carboxylic acids is 2. The molecule has 0 bridgehead atoms. The summed E-state index contributed by atoms with van der Waals surface area (Å²) in [6.07, 6.45) is 1.68. The number of amides is 1. The maximum absolute atomic E-state index is 13.7. The van der Waals surface area contributed by atoms with Crippen molar-refractivity contribution in [3.63, 3.8) is 0 Å². The van der Waals surface area contributed by atoms with E-state index in [4.69, 9.17) is 9.72 Å². The summed E-state index contributed by atoms with van der Waals surface area (Å²) in [5.41, 5.74) is 3.88. The van der Waals surface area contributed by atoms with Crippen molar-refractivity contribution in [3.05, 3.63) is 114 Å². The minimum atomic E-state index is -0.617. The topological polar surface area (TPSA) is 126 Å². The van der Waals surface area contributed by atoms with E-state index in [1.165, 1.54) is 0 Å². The molecule has 0 spiro atoms. The Labute approximate surface area is 276 Å². The number of azo groups is 1. The van der Waals surface area contributed by atoms with E-state index < -0.39 is 5.91 Å². The Morgan fingerprint density at radius 3 is 2.44 bits per heavy atom. The molecule has 1 N–H and O–H groups in total. The van der Waals surface area contributed by atoms with Crippen LogP contribution >= 0.6 is 0 Å². The molecule has 0 unspecified atom stereocenters. The van der Waals surface area contributed by atoms with Crippen molar-refractivity contribution < 1.29 is 19.4 Å². The van der Waals surface area contributed by atoms with E-state index in [9.17, 15) is 14.7 Å². The molecule has 240 valence electrons. The molecule has 4 heterocycles. The Morgan fingerprint density at radius 2 is 1.65 bits per heavy atom. The van der Waals surface area contributed by atoms with Gasteiger partial charge in [0.2, 0.25) is 5.88 Å². The molecule has 11 heteroatoms. The molecule has 1 saturated heterocycles. The van der Waals surface area contributed by atoms with Gasteiger partial charge in [0.05, 0.1) is 17.9 Å². The zero-order valence-electron chi connectivity index (χ0n) is 26.4. The third-order valence-corrected chi connectivity index (χ3v) is 8.48. The van der Waals surface area contributed by atoms with Crippen molar-refractivity contribution in [2.75, 3.05) is 39.8 Å². The van der Waals surface area contributed by atoms with Crippen molar-refractivity contribution in [2.24, 2.45) is 10.2 Å². The average Bonchev–Trinajstić information content (AvgIpc) is 3.39. The number of benzene rings is 3. The van der Waals surface area contributed by atoms with Gasteiger partial charge in [-0.3, -0.25) is 19.1 Å². The molecular weight excluding hydrogens is 606 g/mol. The van der Waals surface area contributed by atoms with E-state index in [-0.39, 0.29) is 24.0 Å². The summed E-state index contributed by atoms with van der Waals surface area (Å²) in [6, 6.07) is 29.1. The van der Waals surface area contributed by atoms with E-state index in [1.54, 1.807) is 35.0 Å². The summed E-state index contributed by atoms with van der Waals surface area (Å²) in [5.74, 6) is -0.462. The lowest BCUT2D eigenvalue weighted by Gasteiger charge is -2.32. The van der Waals surface area contributed by atoms with Crippen molar-refractivity contribution in [1.82, 2.24) is 24.3 Å². The molecule has 0 radical (unpaired) electrons. The highest BCUT2D eigenvalue weighted by Gasteiger charge is 2.21. The van der Waals surface area contributed by atoms with Crippen LogP contribution in [0.1, 0.15) is 15.9 Å². The van der Waals surface area contributed by atoms with Crippen LogP contribution in [0, 0.1) is 0 Å². The minimum Gasteiger partial charge on any atom is -0.493 e. The lowest BCUT2D eigenvalue weighted by molar-refractivity contribution is -0.120. The van der Waals surface area contributed by atoms with Gasteiger partial charge in [-0.2, -0.15) is 0 Å². The number of nitrogens with zero attached hydrogens (tertiary/aromatic N) is 7. The second-order valence-electron chi connectivity index (χ2n) is 11.7. The number of carbonyl (C=O) groups is 2. The van der Waals surface area contributed by atoms with E-state index >= 15 is 0 Å². The van der Waals surface area contributed by atoms with Gasteiger partial charge >= 0.3 is 5.91 Å². The van der Waals surface area contributed by atoms with Gasteiger partial charge in [0.25, 0.3) is 0 Å². The van der Waals surface area contributed by atoms with Crippen molar-refractivity contribution in [3.8, 4) is 22.9 Å². The van der Waals surface area contributed by atoms with Gasteiger partial charge in [0.1, 0.15) is 5.75 Å². The van der Waals surface area contributed by atoms with Crippen molar-refractivity contribution >= 4 is 39.3 Å². The average molecular weight is 640 g/mol. The molecule has 48 heavy (non-hydrogen) atoms. The number of piperazine rings is 1.